The molecular weight excluding hydrogens is 415 g/mol. The Hall–Kier alpha value is -1.91. The Balaban J connectivity index is 1.68. The van der Waals surface area contributed by atoms with E-state index in [9.17, 15) is 23.2 Å². The van der Waals surface area contributed by atoms with E-state index in [1.54, 1.807) is 0 Å². The minimum Gasteiger partial charge on any atom is -0.432 e. The van der Waals surface area contributed by atoms with E-state index in [4.69, 9.17) is 23.7 Å². The van der Waals surface area contributed by atoms with Gasteiger partial charge in [-0.25, -0.2) is 4.57 Å². The summed E-state index contributed by atoms with van der Waals surface area (Å²) in [6.45, 7) is -0.724. The molecule has 0 unspecified atom stereocenters. The van der Waals surface area contributed by atoms with Gasteiger partial charge in [0.2, 0.25) is 11.4 Å². The van der Waals surface area contributed by atoms with Crippen LogP contribution in [0.3, 0.4) is 0 Å². The minimum absolute atomic E-state index is 0.315. The lowest BCUT2D eigenvalue weighted by Gasteiger charge is -2.14. The first-order chi connectivity index (χ1) is 12.6. The van der Waals surface area contributed by atoms with Crippen LogP contribution in [0.5, 0.6) is 5.95 Å². The van der Waals surface area contributed by atoms with Gasteiger partial charge in [-0.1, -0.05) is 0 Å². The molecule has 0 spiro atoms. The zero-order valence-electron chi connectivity index (χ0n) is 13.0. The molecule has 1 aliphatic heterocycles. The first kappa shape index (κ1) is 19.8. The van der Waals surface area contributed by atoms with E-state index in [1.165, 1.54) is 0 Å². The second-order valence-corrected chi connectivity index (χ2v) is 8.08. The molecule has 3 rings (SSSR count). The lowest BCUT2D eigenvalue weighted by Crippen LogP contribution is -2.35. The first-order valence-electron chi connectivity index (χ1n) is 7.05. The molecule has 3 heterocycles. The molecular formula is C10H13N4O11PS. The molecule has 150 valence electrons. The second kappa shape index (κ2) is 7.25. The lowest BCUT2D eigenvalue weighted by molar-refractivity contribution is -0.124. The molecule has 15 nitrogen and oxygen atoms in total. The van der Waals surface area contributed by atoms with Gasteiger partial charge in [-0.15, -0.1) is 10.2 Å². The summed E-state index contributed by atoms with van der Waals surface area (Å²) < 4.78 is 54.7. The van der Waals surface area contributed by atoms with Crippen molar-refractivity contribution >= 4 is 17.8 Å². The molecule has 0 amide bonds. The highest BCUT2D eigenvalue weighted by molar-refractivity contribution is 7.89. The van der Waals surface area contributed by atoms with Gasteiger partial charge in [-0.05, 0) is 9.42 Å². The van der Waals surface area contributed by atoms with Gasteiger partial charge in [-0.2, -0.15) is 8.42 Å². The number of aliphatic hydroxyl groups excluding tert-OH is 2. The number of aliphatic hydroxyl groups is 2. The van der Waals surface area contributed by atoms with Crippen LogP contribution < -0.4 is 4.74 Å². The normalized spacial score (nSPS) is 26.4. The third kappa shape index (κ3) is 4.33. The molecule has 0 aromatic carbocycles. The van der Waals surface area contributed by atoms with E-state index >= 15 is 0 Å². The van der Waals surface area contributed by atoms with Gasteiger partial charge >= 0.3 is 17.8 Å². The number of hydrogen-bond donors (Lipinski definition) is 4. The Labute approximate surface area is 150 Å². The fraction of sp³-hybridized carbons (Fsp3) is 0.500. The highest BCUT2D eigenvalue weighted by atomic mass is 32.2. The van der Waals surface area contributed by atoms with Crippen LogP contribution in [0.25, 0.3) is 0 Å². The maximum absolute atomic E-state index is 12.1. The van der Waals surface area contributed by atoms with Crippen molar-refractivity contribution in [1.82, 2.24) is 19.6 Å². The van der Waals surface area contributed by atoms with Crippen LogP contribution >= 0.6 is 7.82 Å². The Morgan fingerprint density at radius 1 is 1.26 bits per heavy atom. The Kier molecular flexibility index (Phi) is 5.33. The summed E-state index contributed by atoms with van der Waals surface area (Å²) in [5.74, 6) is -0.388. The monoisotopic (exact) mass is 428 g/mol. The van der Waals surface area contributed by atoms with Crippen LogP contribution in [0, 0.1) is 0 Å². The standard InChI is InChI=1S/C10H13N4O11PS/c15-8-5(3-22-26(17,18)19)23-10(9(8)16)25-6-1-2-7(24-6)27(20,21)14-12-4-11-13-14/h1-2,4-5,8-10,15-16H,3H2,(H2,17,18,19)/t5-,8-,9-,10+/m1/s1. The molecule has 0 aliphatic carbocycles. The van der Waals surface area contributed by atoms with E-state index < -0.39 is 54.1 Å². The number of phosphoric acid groups is 1. The van der Waals surface area contributed by atoms with Gasteiger partial charge in [-0.3, -0.25) is 4.52 Å². The first-order valence-corrected chi connectivity index (χ1v) is 10.0. The fourth-order valence-corrected chi connectivity index (χ4v) is 3.32. The Morgan fingerprint density at radius 3 is 2.63 bits per heavy atom. The van der Waals surface area contributed by atoms with Gasteiger partial charge in [0, 0.05) is 12.1 Å². The van der Waals surface area contributed by atoms with Gasteiger partial charge < -0.3 is 33.9 Å². The largest absolute Gasteiger partial charge is 0.469 e. The van der Waals surface area contributed by atoms with Crippen molar-refractivity contribution in [3.05, 3.63) is 18.5 Å². The van der Waals surface area contributed by atoms with E-state index in [2.05, 4.69) is 19.9 Å². The number of nitrogens with zero attached hydrogens (tertiary/aromatic N) is 4. The molecule has 0 radical (unpaired) electrons. The summed E-state index contributed by atoms with van der Waals surface area (Å²) in [5.41, 5.74) is 0. The van der Waals surface area contributed by atoms with E-state index in [1.807, 2.05) is 0 Å². The number of tetrazole rings is 1. The van der Waals surface area contributed by atoms with Crippen LogP contribution in [0.2, 0.25) is 0 Å². The average molecular weight is 428 g/mol. The molecule has 0 saturated carbocycles. The fourth-order valence-electron chi connectivity index (χ4n) is 2.09. The van der Waals surface area contributed by atoms with Gasteiger partial charge in [0.25, 0.3) is 5.95 Å². The highest BCUT2D eigenvalue weighted by Gasteiger charge is 2.45. The number of aromatic nitrogens is 4. The number of hydrogen-bond acceptors (Lipinski definition) is 12. The predicted octanol–water partition coefficient (Wildman–Crippen LogP) is -2.56. The third-order valence-electron chi connectivity index (χ3n) is 3.31. The second-order valence-electron chi connectivity index (χ2n) is 5.17. The maximum Gasteiger partial charge on any atom is 0.469 e. The molecule has 17 heteroatoms. The van der Waals surface area contributed by atoms with E-state index in [0.717, 1.165) is 18.5 Å². The number of rotatable bonds is 7. The molecule has 27 heavy (non-hydrogen) atoms. The molecule has 2 aromatic rings. The average Bonchev–Trinajstić information content (AvgIpc) is 3.30. The van der Waals surface area contributed by atoms with Crippen LogP contribution in [-0.2, 0) is 23.8 Å². The van der Waals surface area contributed by atoms with Gasteiger partial charge in [0.1, 0.15) is 18.3 Å². The quantitative estimate of drug-likeness (QED) is 0.334. The Bertz CT molecular complexity index is 925. The zero-order chi connectivity index (χ0) is 19.8. The van der Waals surface area contributed by atoms with Crippen LogP contribution in [0.15, 0.2) is 28.0 Å². The van der Waals surface area contributed by atoms with Crippen molar-refractivity contribution < 1.29 is 51.4 Å². The van der Waals surface area contributed by atoms with Crippen molar-refractivity contribution in [3.63, 3.8) is 0 Å². The molecule has 1 aliphatic rings. The van der Waals surface area contributed by atoms with Crippen LogP contribution in [0.4, 0.5) is 0 Å². The predicted molar refractivity (Wildman–Crippen MR) is 78.4 cm³/mol. The van der Waals surface area contributed by atoms with Crippen molar-refractivity contribution in [2.24, 2.45) is 0 Å². The summed E-state index contributed by atoms with van der Waals surface area (Å²) in [6.07, 6.45) is -5.13. The van der Waals surface area contributed by atoms with Crippen molar-refractivity contribution in [2.75, 3.05) is 6.61 Å². The summed E-state index contributed by atoms with van der Waals surface area (Å²) in [6, 6.07) is 2.13. The topological polar surface area (TPSA) is 217 Å². The van der Waals surface area contributed by atoms with E-state index in [-0.39, 0.29) is 5.95 Å². The van der Waals surface area contributed by atoms with Crippen LogP contribution in [-0.4, -0.2) is 79.2 Å². The number of ether oxygens (including phenoxy) is 2. The Morgan fingerprint density at radius 2 is 2.00 bits per heavy atom. The lowest BCUT2D eigenvalue weighted by atomic mass is 10.1. The van der Waals surface area contributed by atoms with Crippen LogP contribution in [0.1, 0.15) is 0 Å². The molecule has 4 atom stereocenters. The SMILES string of the molecule is O=P(O)(O)OC[C@H]1O[C@@H](Oc2ccc(S(=O)(=O)n3ncnn3)o2)[C@H](O)[C@@H]1O. The van der Waals surface area contributed by atoms with Crippen molar-refractivity contribution in [3.8, 4) is 5.95 Å². The highest BCUT2D eigenvalue weighted by Crippen LogP contribution is 2.37. The van der Waals surface area contributed by atoms with Gasteiger partial charge in [0.05, 0.1) is 6.61 Å². The minimum atomic E-state index is -4.81. The van der Waals surface area contributed by atoms with Crippen molar-refractivity contribution in [2.45, 2.75) is 29.7 Å². The van der Waals surface area contributed by atoms with Crippen molar-refractivity contribution in [1.29, 1.82) is 0 Å². The summed E-state index contributed by atoms with van der Waals surface area (Å²) in [4.78, 5) is 17.3. The summed E-state index contributed by atoms with van der Waals surface area (Å²) in [5, 5.41) is 29.0. The smallest absolute Gasteiger partial charge is 0.432 e. The summed E-state index contributed by atoms with van der Waals surface area (Å²) in [7, 11) is -9.05. The van der Waals surface area contributed by atoms with E-state index in [0.29, 0.717) is 4.20 Å². The number of furan rings is 1. The number of phosphoric ester groups is 1. The third-order valence-corrected chi connectivity index (χ3v) is 5.12. The molecule has 2 aromatic heterocycles. The molecule has 1 fully saturated rings. The van der Waals surface area contributed by atoms with Gasteiger partial charge in [0.15, 0.2) is 6.33 Å². The zero-order valence-corrected chi connectivity index (χ0v) is 14.8. The molecule has 1 saturated heterocycles. The molecule has 0 bridgehead atoms. The summed E-state index contributed by atoms with van der Waals surface area (Å²) >= 11 is 0. The maximum atomic E-state index is 12.1. The molecule has 4 N–H and O–H groups in total.